The number of aliphatic carboxylic acids is 2. The van der Waals surface area contributed by atoms with E-state index in [2.05, 4.69) is 48.3 Å². The van der Waals surface area contributed by atoms with Crippen molar-refractivity contribution in [2.24, 2.45) is 5.92 Å². The van der Waals surface area contributed by atoms with Crippen LogP contribution in [0.5, 0.6) is 11.5 Å². The van der Waals surface area contributed by atoms with Crippen molar-refractivity contribution in [3.63, 3.8) is 0 Å². The molecule has 1 heterocycles. The summed E-state index contributed by atoms with van der Waals surface area (Å²) in [5.41, 5.74) is 1.28. The maximum Gasteiger partial charge on any atom is 0.328 e. The first-order valence-electron chi connectivity index (χ1n) is 12.3. The van der Waals surface area contributed by atoms with Crippen LogP contribution in [0.15, 0.2) is 66.7 Å². The van der Waals surface area contributed by atoms with Crippen LogP contribution in [0.4, 0.5) is 0 Å². The van der Waals surface area contributed by atoms with Gasteiger partial charge >= 0.3 is 11.9 Å². The summed E-state index contributed by atoms with van der Waals surface area (Å²) >= 11 is 0. The number of carboxylic acid groups (broad SMARTS) is 2. The number of hydrogen-bond acceptors (Lipinski definition) is 5. The van der Waals surface area contributed by atoms with Crippen molar-refractivity contribution in [2.45, 2.75) is 52.1 Å². The van der Waals surface area contributed by atoms with Gasteiger partial charge in [-0.05, 0) is 50.0 Å². The molecule has 2 aromatic carbocycles. The molecule has 2 aromatic rings. The number of benzene rings is 2. The highest BCUT2D eigenvalue weighted by Gasteiger charge is 2.24. The second-order valence-electron chi connectivity index (χ2n) is 8.63. The van der Waals surface area contributed by atoms with Crippen molar-refractivity contribution >= 4 is 11.9 Å². The van der Waals surface area contributed by atoms with Gasteiger partial charge in [-0.15, -0.1) is 0 Å². The quantitative estimate of drug-likeness (QED) is 0.380. The number of carboxylic acids is 2. The van der Waals surface area contributed by atoms with Gasteiger partial charge in [0, 0.05) is 36.8 Å². The van der Waals surface area contributed by atoms with E-state index in [0.717, 1.165) is 37.1 Å². The molecule has 1 aliphatic heterocycles. The zero-order valence-corrected chi connectivity index (χ0v) is 20.7. The van der Waals surface area contributed by atoms with Crippen molar-refractivity contribution in [3.8, 4) is 11.5 Å². The van der Waals surface area contributed by atoms with Gasteiger partial charge in [-0.3, -0.25) is 4.90 Å². The highest BCUT2D eigenvalue weighted by Crippen LogP contribution is 2.28. The third-order valence-corrected chi connectivity index (χ3v) is 6.16. The number of ether oxygens (including phenoxy) is 1. The number of rotatable bonds is 11. The Morgan fingerprint density at radius 1 is 0.971 bits per heavy atom. The minimum atomic E-state index is -1.26. The molecule has 3 N–H and O–H groups in total. The Balaban J connectivity index is 0.000000466. The average Bonchev–Trinajstić information content (AvgIpc) is 2.88. The third kappa shape index (κ3) is 10.8. The summed E-state index contributed by atoms with van der Waals surface area (Å²) < 4.78 is 6.22. The number of piperidine rings is 1. The van der Waals surface area contributed by atoms with Crippen LogP contribution in [0, 0.1) is 5.92 Å². The minimum Gasteiger partial charge on any atom is -0.478 e. The molecule has 0 amide bonds. The summed E-state index contributed by atoms with van der Waals surface area (Å²) in [6, 6.07) is 19.3. The Morgan fingerprint density at radius 2 is 1.54 bits per heavy atom. The fourth-order valence-electron chi connectivity index (χ4n) is 4.10. The maximum absolute atomic E-state index is 9.55. The van der Waals surface area contributed by atoms with Gasteiger partial charge in [-0.1, -0.05) is 63.1 Å². The van der Waals surface area contributed by atoms with E-state index >= 15 is 0 Å². The van der Waals surface area contributed by atoms with Crippen LogP contribution in [0.1, 0.15) is 45.1 Å². The van der Waals surface area contributed by atoms with Gasteiger partial charge in [0.2, 0.25) is 0 Å². The number of nitrogens with one attached hydrogen (secondary N) is 1. The molecule has 35 heavy (non-hydrogen) atoms. The molecule has 0 atom stereocenters. The second kappa shape index (κ2) is 15.7. The molecular weight excluding hydrogens is 444 g/mol. The number of carbonyl (C=O) groups is 2. The predicted octanol–water partition coefficient (Wildman–Crippen LogP) is 5.18. The monoisotopic (exact) mass is 482 g/mol. The van der Waals surface area contributed by atoms with Crippen LogP contribution in [0.3, 0.4) is 0 Å². The highest BCUT2D eigenvalue weighted by atomic mass is 16.5. The predicted molar refractivity (Wildman–Crippen MR) is 138 cm³/mol. The normalized spacial score (nSPS) is 14.1. The van der Waals surface area contributed by atoms with Gasteiger partial charge in [0.05, 0.1) is 0 Å². The van der Waals surface area contributed by atoms with Crippen LogP contribution in [0.25, 0.3) is 0 Å². The number of nitrogens with zero attached hydrogens (tertiary/aromatic N) is 1. The van der Waals surface area contributed by atoms with Gasteiger partial charge in [0.25, 0.3) is 0 Å². The highest BCUT2D eigenvalue weighted by molar-refractivity contribution is 5.89. The Hall–Kier alpha value is -3.16. The van der Waals surface area contributed by atoms with Crippen molar-refractivity contribution in [2.75, 3.05) is 19.6 Å². The van der Waals surface area contributed by atoms with E-state index in [1.165, 1.54) is 37.8 Å². The third-order valence-electron chi connectivity index (χ3n) is 6.16. The Kier molecular flexibility index (Phi) is 12.6. The fourth-order valence-corrected chi connectivity index (χ4v) is 4.10. The molecule has 0 spiro atoms. The van der Waals surface area contributed by atoms with Crippen LogP contribution in [-0.4, -0.2) is 52.7 Å². The molecule has 0 aromatic heterocycles. The van der Waals surface area contributed by atoms with Crippen LogP contribution >= 0.6 is 0 Å². The molecule has 1 saturated heterocycles. The van der Waals surface area contributed by atoms with Gasteiger partial charge in [0.15, 0.2) is 0 Å². The van der Waals surface area contributed by atoms with E-state index in [9.17, 15) is 9.59 Å². The molecule has 1 aliphatic rings. The van der Waals surface area contributed by atoms with Crippen molar-refractivity contribution < 1.29 is 24.5 Å². The van der Waals surface area contributed by atoms with E-state index < -0.39 is 11.9 Å². The molecule has 7 nitrogen and oxygen atoms in total. The molecule has 0 aliphatic carbocycles. The molecule has 1 fully saturated rings. The summed E-state index contributed by atoms with van der Waals surface area (Å²) in [7, 11) is 0. The molecule has 190 valence electrons. The molecule has 0 unspecified atom stereocenters. The average molecular weight is 483 g/mol. The number of hydrogen-bond donors (Lipinski definition) is 3. The summed E-state index contributed by atoms with van der Waals surface area (Å²) in [6.45, 7) is 9.04. The van der Waals surface area contributed by atoms with E-state index in [-0.39, 0.29) is 0 Å². The largest absolute Gasteiger partial charge is 0.478 e. The number of para-hydroxylation sites is 2. The second-order valence-corrected chi connectivity index (χ2v) is 8.63. The van der Waals surface area contributed by atoms with Crippen molar-refractivity contribution in [1.29, 1.82) is 0 Å². The van der Waals surface area contributed by atoms with Gasteiger partial charge < -0.3 is 20.3 Å². The fraction of sp³-hybridized carbons (Fsp3) is 0.429. The SMILES string of the molecule is CCC(CC)CN(Cc1ccccc1Oc1ccccc1)C1CCNCC1.O=C(O)/C=C/C(=O)O. The van der Waals surface area contributed by atoms with E-state index in [1.54, 1.807) is 0 Å². The first-order chi connectivity index (χ1) is 16.9. The lowest BCUT2D eigenvalue weighted by atomic mass is 9.98. The van der Waals surface area contributed by atoms with Crippen LogP contribution in [-0.2, 0) is 16.1 Å². The minimum absolute atomic E-state index is 0.558. The van der Waals surface area contributed by atoms with Crippen LogP contribution < -0.4 is 10.1 Å². The molecule has 0 saturated carbocycles. The Labute approximate surface area is 208 Å². The summed E-state index contributed by atoms with van der Waals surface area (Å²) in [5, 5.41) is 19.1. The Bertz CT molecular complexity index is 906. The van der Waals surface area contributed by atoms with Crippen molar-refractivity contribution in [3.05, 3.63) is 72.3 Å². The van der Waals surface area contributed by atoms with E-state index in [1.807, 2.05) is 30.3 Å². The molecule has 3 rings (SSSR count). The summed E-state index contributed by atoms with van der Waals surface area (Å²) in [6.07, 6.45) is 6.09. The maximum atomic E-state index is 9.55. The lowest BCUT2D eigenvalue weighted by Crippen LogP contribution is -2.44. The van der Waals surface area contributed by atoms with Gasteiger partial charge in [-0.2, -0.15) is 0 Å². The van der Waals surface area contributed by atoms with E-state index in [4.69, 9.17) is 14.9 Å². The van der Waals surface area contributed by atoms with Crippen LogP contribution in [0.2, 0.25) is 0 Å². The zero-order valence-electron chi connectivity index (χ0n) is 20.7. The molecule has 0 radical (unpaired) electrons. The first kappa shape index (κ1) is 28.1. The van der Waals surface area contributed by atoms with Crippen molar-refractivity contribution in [1.82, 2.24) is 10.2 Å². The zero-order chi connectivity index (χ0) is 25.5. The lowest BCUT2D eigenvalue weighted by Gasteiger charge is -2.37. The summed E-state index contributed by atoms with van der Waals surface area (Å²) in [5.74, 6) is 0.132. The van der Waals surface area contributed by atoms with Gasteiger partial charge in [0.1, 0.15) is 11.5 Å². The molecule has 7 heteroatoms. The first-order valence-corrected chi connectivity index (χ1v) is 12.3. The summed E-state index contributed by atoms with van der Waals surface area (Å²) in [4.78, 5) is 21.8. The molecular formula is C28H38N2O5. The molecule has 0 bridgehead atoms. The topological polar surface area (TPSA) is 99.1 Å². The smallest absolute Gasteiger partial charge is 0.328 e. The van der Waals surface area contributed by atoms with E-state index in [0.29, 0.717) is 18.2 Å². The standard InChI is InChI=1S/C24H34N2O.C4H4O4/c1-3-20(4-2)18-26(22-14-16-25-17-15-22)19-21-10-8-9-13-24(21)27-23-11-6-5-7-12-23;5-3(6)1-2-4(7)8/h5-13,20,22,25H,3-4,14-19H2,1-2H3;1-2H,(H,5,6)(H,7,8)/b;2-1+. The Morgan fingerprint density at radius 3 is 2.11 bits per heavy atom. The lowest BCUT2D eigenvalue weighted by molar-refractivity contribution is -0.134. The van der Waals surface area contributed by atoms with Gasteiger partial charge in [-0.25, -0.2) is 9.59 Å².